The minimum Gasteiger partial charge on any atom is -0.496 e. The highest BCUT2D eigenvalue weighted by atomic mass is 16.5. The highest BCUT2D eigenvalue weighted by Gasteiger charge is 2.25. The van der Waals surface area contributed by atoms with Crippen molar-refractivity contribution in [3.8, 4) is 11.8 Å². The molecule has 30 heavy (non-hydrogen) atoms. The Balaban J connectivity index is 1.47. The van der Waals surface area contributed by atoms with Gasteiger partial charge in [0.1, 0.15) is 5.75 Å². The van der Waals surface area contributed by atoms with Gasteiger partial charge in [-0.05, 0) is 37.9 Å². The van der Waals surface area contributed by atoms with E-state index in [1.165, 1.54) is 0 Å². The summed E-state index contributed by atoms with van der Waals surface area (Å²) in [5.74, 6) is 0.712. The van der Waals surface area contributed by atoms with Gasteiger partial charge in [-0.3, -0.25) is 9.69 Å². The Morgan fingerprint density at radius 2 is 2.13 bits per heavy atom. The lowest BCUT2D eigenvalue weighted by Gasteiger charge is -2.33. The summed E-state index contributed by atoms with van der Waals surface area (Å²) in [5.41, 5.74) is 2.29. The zero-order valence-electron chi connectivity index (χ0n) is 17.2. The number of aliphatic hydroxyl groups excluding tert-OH is 1. The molecule has 3 heterocycles. The van der Waals surface area contributed by atoms with E-state index in [2.05, 4.69) is 16.1 Å². The monoisotopic (exact) mass is 409 g/mol. The molecule has 2 aliphatic rings. The van der Waals surface area contributed by atoms with Crippen molar-refractivity contribution in [2.45, 2.75) is 38.0 Å². The number of rotatable bonds is 5. The molecule has 8 heteroatoms. The van der Waals surface area contributed by atoms with Crippen LogP contribution in [0.3, 0.4) is 0 Å². The van der Waals surface area contributed by atoms with Gasteiger partial charge in [0.25, 0.3) is 5.56 Å². The molecule has 2 saturated heterocycles. The first kappa shape index (κ1) is 20.4. The van der Waals surface area contributed by atoms with Crippen molar-refractivity contribution in [1.29, 1.82) is 5.26 Å². The lowest BCUT2D eigenvalue weighted by atomic mass is 10.0. The molecule has 2 fully saturated rings. The summed E-state index contributed by atoms with van der Waals surface area (Å²) < 4.78 is 7.06. The topological polar surface area (TPSA) is 94.6 Å². The number of ether oxygens (including phenoxy) is 1. The fourth-order valence-electron chi connectivity index (χ4n) is 4.39. The van der Waals surface area contributed by atoms with Gasteiger partial charge in [0.15, 0.2) is 0 Å². The van der Waals surface area contributed by atoms with Crippen molar-refractivity contribution >= 4 is 5.69 Å². The number of anilines is 1. The predicted molar refractivity (Wildman–Crippen MR) is 113 cm³/mol. The summed E-state index contributed by atoms with van der Waals surface area (Å²) >= 11 is 0. The van der Waals surface area contributed by atoms with Crippen molar-refractivity contribution in [2.75, 3.05) is 38.2 Å². The Morgan fingerprint density at radius 3 is 2.83 bits per heavy atom. The van der Waals surface area contributed by atoms with Crippen LogP contribution in [0.25, 0.3) is 0 Å². The molecule has 1 aromatic heterocycles. The molecule has 4 rings (SSSR count). The number of aromatic nitrogens is 2. The maximum atomic E-state index is 12.8. The highest BCUT2D eigenvalue weighted by Crippen LogP contribution is 2.26. The minimum atomic E-state index is -0.335. The molecule has 8 nitrogen and oxygen atoms in total. The van der Waals surface area contributed by atoms with Crippen LogP contribution in [0.1, 0.15) is 36.4 Å². The lowest BCUT2D eigenvalue weighted by Crippen LogP contribution is -2.40. The fraction of sp³-hybridized carbons (Fsp3) is 0.500. The second-order valence-corrected chi connectivity index (χ2v) is 8.05. The van der Waals surface area contributed by atoms with Crippen LogP contribution < -0.4 is 15.2 Å². The van der Waals surface area contributed by atoms with E-state index in [9.17, 15) is 9.90 Å². The highest BCUT2D eigenvalue weighted by molar-refractivity contribution is 5.44. The van der Waals surface area contributed by atoms with Gasteiger partial charge in [0, 0.05) is 37.8 Å². The third kappa shape index (κ3) is 4.32. The van der Waals surface area contributed by atoms with Crippen LogP contribution in [0.5, 0.6) is 5.75 Å². The van der Waals surface area contributed by atoms with Gasteiger partial charge < -0.3 is 14.7 Å². The molecule has 0 amide bonds. The SMILES string of the molecule is COc1cc(C#N)ccc1CN1CCC[C@@H](n2ncc(N3CC[C@H](O)C3)cc2=O)C1. The van der Waals surface area contributed by atoms with E-state index in [-0.39, 0.29) is 17.7 Å². The Bertz CT molecular complexity index is 999. The predicted octanol–water partition coefficient (Wildman–Crippen LogP) is 1.53. The summed E-state index contributed by atoms with van der Waals surface area (Å²) in [6.07, 6.45) is 4.02. The smallest absolute Gasteiger partial charge is 0.269 e. The van der Waals surface area contributed by atoms with Gasteiger partial charge in [0.2, 0.25) is 0 Å². The summed E-state index contributed by atoms with van der Waals surface area (Å²) in [4.78, 5) is 17.1. The lowest BCUT2D eigenvalue weighted by molar-refractivity contribution is 0.158. The minimum absolute atomic E-state index is 0.0221. The number of methoxy groups -OCH3 is 1. The molecule has 2 aliphatic heterocycles. The zero-order valence-corrected chi connectivity index (χ0v) is 17.2. The second kappa shape index (κ2) is 8.86. The molecule has 0 aliphatic carbocycles. The molecule has 158 valence electrons. The molecule has 2 atom stereocenters. The molecule has 0 spiro atoms. The van der Waals surface area contributed by atoms with Crippen LogP contribution in [-0.4, -0.2) is 59.2 Å². The Kier molecular flexibility index (Phi) is 6.02. The molecular weight excluding hydrogens is 382 g/mol. The first-order chi connectivity index (χ1) is 14.6. The van der Waals surface area contributed by atoms with E-state index in [0.717, 1.165) is 50.1 Å². The third-order valence-electron chi connectivity index (χ3n) is 5.98. The van der Waals surface area contributed by atoms with Gasteiger partial charge in [-0.2, -0.15) is 10.4 Å². The van der Waals surface area contributed by atoms with E-state index in [1.54, 1.807) is 36.2 Å². The largest absolute Gasteiger partial charge is 0.496 e. The van der Waals surface area contributed by atoms with E-state index in [4.69, 9.17) is 10.00 Å². The average molecular weight is 409 g/mol. The second-order valence-electron chi connectivity index (χ2n) is 8.05. The number of nitrogens with zero attached hydrogens (tertiary/aromatic N) is 5. The molecule has 0 unspecified atom stereocenters. The van der Waals surface area contributed by atoms with Crippen molar-refractivity contribution < 1.29 is 9.84 Å². The number of nitriles is 1. The van der Waals surface area contributed by atoms with E-state index < -0.39 is 0 Å². The maximum Gasteiger partial charge on any atom is 0.269 e. The van der Waals surface area contributed by atoms with Gasteiger partial charge >= 0.3 is 0 Å². The Hall–Kier alpha value is -2.89. The molecule has 0 saturated carbocycles. The van der Waals surface area contributed by atoms with Crippen LogP contribution in [0.4, 0.5) is 5.69 Å². The van der Waals surface area contributed by atoms with E-state index in [0.29, 0.717) is 24.4 Å². The van der Waals surface area contributed by atoms with Crippen molar-refractivity contribution in [3.05, 3.63) is 51.9 Å². The van der Waals surface area contributed by atoms with E-state index in [1.807, 2.05) is 11.0 Å². The molecule has 0 bridgehead atoms. The normalized spacial score (nSPS) is 22.1. The van der Waals surface area contributed by atoms with Crippen molar-refractivity contribution in [3.63, 3.8) is 0 Å². The quantitative estimate of drug-likeness (QED) is 0.800. The van der Waals surface area contributed by atoms with Crippen LogP contribution >= 0.6 is 0 Å². The Labute approximate surface area is 175 Å². The molecule has 1 N–H and O–H groups in total. The van der Waals surface area contributed by atoms with Crippen molar-refractivity contribution in [1.82, 2.24) is 14.7 Å². The molecule has 0 radical (unpaired) electrons. The number of likely N-dealkylation sites (tertiary alicyclic amines) is 1. The van der Waals surface area contributed by atoms with Gasteiger partial charge in [-0.1, -0.05) is 6.07 Å². The van der Waals surface area contributed by atoms with Gasteiger partial charge in [0.05, 0.1) is 42.8 Å². The fourth-order valence-corrected chi connectivity index (χ4v) is 4.39. The first-order valence-corrected chi connectivity index (χ1v) is 10.4. The van der Waals surface area contributed by atoms with Crippen LogP contribution in [0.2, 0.25) is 0 Å². The summed E-state index contributed by atoms with van der Waals surface area (Å²) in [6, 6.07) is 9.29. The summed E-state index contributed by atoms with van der Waals surface area (Å²) in [7, 11) is 1.61. The maximum absolute atomic E-state index is 12.8. The van der Waals surface area contributed by atoms with Crippen molar-refractivity contribution in [2.24, 2.45) is 0 Å². The third-order valence-corrected chi connectivity index (χ3v) is 5.98. The molecule has 2 aromatic rings. The summed E-state index contributed by atoms with van der Waals surface area (Å²) in [5, 5.41) is 23.3. The number of hydrogen-bond acceptors (Lipinski definition) is 7. The first-order valence-electron chi connectivity index (χ1n) is 10.4. The summed E-state index contributed by atoms with van der Waals surface area (Å²) in [6.45, 7) is 3.67. The standard InChI is InChI=1S/C22H27N5O3/c1-30-21-9-16(11-23)4-5-17(21)13-25-7-2-3-18(14-25)27-22(29)10-19(12-24-27)26-8-6-20(28)15-26/h4-5,9-10,12,18,20,28H,2-3,6-8,13-15H2,1H3/t18-,20+/m1/s1. The number of piperidine rings is 1. The Morgan fingerprint density at radius 1 is 1.27 bits per heavy atom. The number of aliphatic hydroxyl groups is 1. The average Bonchev–Trinajstić information content (AvgIpc) is 3.20. The number of β-amino-alcohol motifs (C(OH)–C–C–N with tert-alkyl or cyclic N) is 1. The van der Waals surface area contributed by atoms with Gasteiger partial charge in [-0.25, -0.2) is 4.68 Å². The van der Waals surface area contributed by atoms with Crippen LogP contribution in [0, 0.1) is 11.3 Å². The zero-order chi connectivity index (χ0) is 21.1. The van der Waals surface area contributed by atoms with Crippen LogP contribution in [0.15, 0.2) is 35.3 Å². The molecule has 1 aromatic carbocycles. The van der Waals surface area contributed by atoms with E-state index >= 15 is 0 Å². The van der Waals surface area contributed by atoms with Crippen LogP contribution in [-0.2, 0) is 6.54 Å². The molecular formula is C22H27N5O3. The van der Waals surface area contributed by atoms with Gasteiger partial charge in [-0.15, -0.1) is 0 Å². The number of benzene rings is 1. The number of hydrogen-bond donors (Lipinski definition) is 1.